The average molecular weight is 463 g/mol. The average Bonchev–Trinajstić information content (AvgIpc) is 2.93. The Labute approximate surface area is 193 Å². The smallest absolute Gasteiger partial charge is 0.134 e. The first kappa shape index (κ1) is 23.9. The van der Waals surface area contributed by atoms with E-state index >= 15 is 0 Å². The number of hydrogen-bond acceptors (Lipinski definition) is 6. The van der Waals surface area contributed by atoms with E-state index in [0.717, 1.165) is 31.3 Å². The molecule has 0 aromatic heterocycles. The highest BCUT2D eigenvalue weighted by molar-refractivity contribution is 5.48. The van der Waals surface area contributed by atoms with Crippen molar-refractivity contribution in [3.8, 4) is 5.75 Å². The van der Waals surface area contributed by atoms with Gasteiger partial charge in [0.05, 0.1) is 18.8 Å². The number of piperidine rings is 1. The second-order valence-electron chi connectivity index (χ2n) is 9.43. The Balaban J connectivity index is 1.34. The van der Waals surface area contributed by atoms with Crippen molar-refractivity contribution in [1.82, 2.24) is 4.90 Å². The summed E-state index contributed by atoms with van der Waals surface area (Å²) < 4.78 is 37.9. The molecule has 2 fully saturated rings. The maximum Gasteiger partial charge on any atom is 0.134 e. The highest BCUT2D eigenvalue weighted by atomic mass is 19.1. The Morgan fingerprint density at radius 2 is 1.73 bits per heavy atom. The number of rotatable bonds is 6. The highest BCUT2D eigenvalue weighted by Gasteiger charge is 2.39. The van der Waals surface area contributed by atoms with Gasteiger partial charge in [-0.05, 0) is 37.5 Å². The molecule has 8 heteroatoms. The molecular weight excluding hydrogens is 430 g/mol. The molecule has 0 saturated carbocycles. The van der Waals surface area contributed by atoms with Crippen molar-refractivity contribution in [2.45, 2.75) is 31.0 Å². The van der Waals surface area contributed by atoms with Gasteiger partial charge in [0.2, 0.25) is 0 Å². The summed E-state index contributed by atoms with van der Waals surface area (Å²) in [5.74, 6) is -1.47. The first-order chi connectivity index (χ1) is 15.7. The van der Waals surface area contributed by atoms with Crippen LogP contribution in [0.4, 0.5) is 14.5 Å². The van der Waals surface area contributed by atoms with Crippen molar-refractivity contribution < 1.29 is 28.5 Å². The Morgan fingerprint density at radius 1 is 1.00 bits per heavy atom. The summed E-state index contributed by atoms with van der Waals surface area (Å²) in [6.07, 6.45) is 1.24. The van der Waals surface area contributed by atoms with Crippen LogP contribution in [-0.4, -0.2) is 78.9 Å². The van der Waals surface area contributed by atoms with Gasteiger partial charge in [-0.2, -0.15) is 0 Å². The van der Waals surface area contributed by atoms with Gasteiger partial charge < -0.3 is 24.6 Å². The summed E-state index contributed by atoms with van der Waals surface area (Å²) in [7, 11) is 0. The third-order valence-corrected chi connectivity index (χ3v) is 6.36. The van der Waals surface area contributed by atoms with Crippen LogP contribution in [0.2, 0.25) is 0 Å². The molecule has 0 bridgehead atoms. The van der Waals surface area contributed by atoms with E-state index in [1.54, 1.807) is 0 Å². The third kappa shape index (κ3) is 6.41. The summed E-state index contributed by atoms with van der Waals surface area (Å²) in [5, 5.41) is 22.4. The maximum atomic E-state index is 13.4. The predicted molar refractivity (Wildman–Crippen MR) is 122 cm³/mol. The summed E-state index contributed by atoms with van der Waals surface area (Å²) in [6.45, 7) is 5.08. The Kier molecular flexibility index (Phi) is 7.19. The quantitative estimate of drug-likeness (QED) is 0.689. The van der Waals surface area contributed by atoms with Crippen LogP contribution in [0.25, 0.3) is 0 Å². The molecule has 2 saturated heterocycles. The van der Waals surface area contributed by atoms with E-state index in [9.17, 15) is 19.0 Å². The zero-order chi connectivity index (χ0) is 23.5. The Morgan fingerprint density at radius 3 is 2.42 bits per heavy atom. The molecule has 6 nitrogen and oxygen atoms in total. The molecule has 0 amide bonds. The van der Waals surface area contributed by atoms with E-state index in [1.807, 2.05) is 11.0 Å². The molecule has 2 aliphatic heterocycles. The first-order valence-corrected chi connectivity index (χ1v) is 11.4. The van der Waals surface area contributed by atoms with Crippen LogP contribution in [0, 0.1) is 18.6 Å². The third-order valence-electron chi connectivity index (χ3n) is 6.36. The van der Waals surface area contributed by atoms with E-state index in [2.05, 4.69) is 30.0 Å². The number of anilines is 1. The minimum absolute atomic E-state index is 0.0128. The fraction of sp³-hybridized carbons (Fsp3) is 0.520. The zero-order valence-corrected chi connectivity index (χ0v) is 19.0. The molecule has 2 N–H and O–H groups in total. The van der Waals surface area contributed by atoms with Gasteiger partial charge in [0.25, 0.3) is 0 Å². The molecule has 4 rings (SSSR count). The molecule has 2 aromatic carbocycles. The molecule has 0 aliphatic carbocycles. The second-order valence-corrected chi connectivity index (χ2v) is 9.43. The number of β-amino-alcohol motifs (C(OH)–C–C–N with tert-alkyl or cyclic N) is 2. The maximum absolute atomic E-state index is 13.4. The van der Waals surface area contributed by atoms with Crippen LogP contribution in [0.1, 0.15) is 18.4 Å². The Hall–Kier alpha value is -2.26. The minimum Gasteiger partial charge on any atom is -0.490 e. The molecule has 0 spiro atoms. The van der Waals surface area contributed by atoms with Gasteiger partial charge in [0.15, 0.2) is 0 Å². The van der Waals surface area contributed by atoms with Gasteiger partial charge in [-0.25, -0.2) is 8.78 Å². The number of aliphatic hydroxyl groups is 2. The minimum atomic E-state index is -1.36. The van der Waals surface area contributed by atoms with E-state index < -0.39 is 22.8 Å². The summed E-state index contributed by atoms with van der Waals surface area (Å²) in [6, 6.07) is 11.3. The number of benzene rings is 2. The number of aryl methyl sites for hydroxylation is 1. The summed E-state index contributed by atoms with van der Waals surface area (Å²) in [4.78, 5) is 4.28. The number of ether oxygens (including phenoxy) is 2. The van der Waals surface area contributed by atoms with Gasteiger partial charge in [0, 0.05) is 56.6 Å². The van der Waals surface area contributed by atoms with Crippen LogP contribution in [-0.2, 0) is 4.74 Å². The molecule has 2 heterocycles. The molecule has 33 heavy (non-hydrogen) atoms. The van der Waals surface area contributed by atoms with Crippen LogP contribution >= 0.6 is 0 Å². The number of hydrogen-bond donors (Lipinski definition) is 2. The molecule has 2 aliphatic rings. The summed E-state index contributed by atoms with van der Waals surface area (Å²) >= 11 is 0. The van der Waals surface area contributed by atoms with Gasteiger partial charge in [-0.1, -0.05) is 12.1 Å². The van der Waals surface area contributed by atoms with Crippen molar-refractivity contribution >= 4 is 5.69 Å². The standard InChI is InChI=1S/C25H32F2N2O4/c1-19-3-2-4-22(11-19)29-7-5-24(30,6-8-29)15-28-9-10-32-17-25(31,16-28)18-33-23-13-20(26)12-21(27)14-23/h2-4,11-14,30-31H,5-10,15-18H2,1H3/t25-/m1/s1. The molecule has 180 valence electrons. The van der Waals surface area contributed by atoms with Crippen molar-refractivity contribution in [3.63, 3.8) is 0 Å². The van der Waals surface area contributed by atoms with Crippen molar-refractivity contribution in [1.29, 1.82) is 0 Å². The molecule has 0 radical (unpaired) electrons. The summed E-state index contributed by atoms with van der Waals surface area (Å²) in [5.41, 5.74) is 0.150. The van der Waals surface area contributed by atoms with Gasteiger partial charge in [-0.15, -0.1) is 0 Å². The zero-order valence-electron chi connectivity index (χ0n) is 19.0. The van der Waals surface area contributed by atoms with E-state index in [4.69, 9.17) is 9.47 Å². The molecule has 2 aromatic rings. The van der Waals surface area contributed by atoms with Crippen molar-refractivity contribution in [2.75, 3.05) is 57.4 Å². The number of nitrogens with zero attached hydrogens (tertiary/aromatic N) is 2. The lowest BCUT2D eigenvalue weighted by molar-refractivity contribution is -0.0743. The topological polar surface area (TPSA) is 65.4 Å². The van der Waals surface area contributed by atoms with Gasteiger partial charge in [0.1, 0.15) is 29.6 Å². The van der Waals surface area contributed by atoms with Crippen LogP contribution in [0.15, 0.2) is 42.5 Å². The normalized spacial score (nSPS) is 23.8. The molecule has 1 atom stereocenters. The fourth-order valence-corrected chi connectivity index (χ4v) is 4.63. The lowest BCUT2D eigenvalue weighted by Gasteiger charge is -2.42. The Bertz CT molecular complexity index is 932. The van der Waals surface area contributed by atoms with Crippen LogP contribution in [0.3, 0.4) is 0 Å². The SMILES string of the molecule is Cc1cccc(N2CCC(O)(CN3CCOC[C@@](O)(COc4cc(F)cc(F)c4)C3)CC2)c1. The van der Waals surface area contributed by atoms with Crippen molar-refractivity contribution in [3.05, 3.63) is 59.7 Å². The van der Waals surface area contributed by atoms with Crippen LogP contribution < -0.4 is 9.64 Å². The molecule has 0 unspecified atom stereocenters. The van der Waals surface area contributed by atoms with Gasteiger partial charge >= 0.3 is 0 Å². The van der Waals surface area contributed by atoms with Gasteiger partial charge in [-0.3, -0.25) is 4.90 Å². The second kappa shape index (κ2) is 9.93. The largest absolute Gasteiger partial charge is 0.490 e. The van der Waals surface area contributed by atoms with E-state index in [1.165, 1.54) is 11.3 Å². The number of halogens is 2. The monoisotopic (exact) mass is 462 g/mol. The van der Waals surface area contributed by atoms with Crippen molar-refractivity contribution in [2.24, 2.45) is 0 Å². The fourth-order valence-electron chi connectivity index (χ4n) is 4.63. The highest BCUT2D eigenvalue weighted by Crippen LogP contribution is 2.29. The van der Waals surface area contributed by atoms with Crippen LogP contribution in [0.5, 0.6) is 5.75 Å². The predicted octanol–water partition coefficient (Wildman–Crippen LogP) is 2.75. The lowest BCUT2D eigenvalue weighted by Crippen LogP contribution is -2.55. The lowest BCUT2D eigenvalue weighted by atomic mass is 9.90. The first-order valence-electron chi connectivity index (χ1n) is 11.4. The molecular formula is C25H32F2N2O4. The van der Waals surface area contributed by atoms with E-state index in [0.29, 0.717) is 32.5 Å². The van der Waals surface area contributed by atoms with E-state index in [-0.39, 0.29) is 25.5 Å².